The first-order valence-corrected chi connectivity index (χ1v) is 11.2. The first-order valence-electron chi connectivity index (χ1n) is 11.2. The third-order valence-corrected chi connectivity index (χ3v) is 5.58. The van der Waals surface area contributed by atoms with Crippen molar-refractivity contribution >= 4 is 29.2 Å². The molecule has 1 aromatic heterocycles. The van der Waals surface area contributed by atoms with Gasteiger partial charge in [0.1, 0.15) is 12.1 Å². The van der Waals surface area contributed by atoms with Crippen LogP contribution in [0.25, 0.3) is 0 Å². The van der Waals surface area contributed by atoms with Crippen molar-refractivity contribution in [3.05, 3.63) is 65.7 Å². The number of carbonyl (C=O) groups excluding carboxylic acids is 1. The molecule has 1 aliphatic rings. The van der Waals surface area contributed by atoms with Crippen molar-refractivity contribution in [2.24, 2.45) is 0 Å². The second kappa shape index (κ2) is 10.9. The summed E-state index contributed by atoms with van der Waals surface area (Å²) in [4.78, 5) is 26.0. The molecule has 0 unspecified atom stereocenters. The van der Waals surface area contributed by atoms with Crippen LogP contribution < -0.4 is 15.5 Å². The minimum absolute atomic E-state index is 0.0330. The molecule has 8 nitrogen and oxygen atoms in total. The molecule has 1 amide bonds. The van der Waals surface area contributed by atoms with E-state index in [4.69, 9.17) is 4.74 Å². The smallest absolute Gasteiger partial charge is 0.373 e. The molecule has 0 bridgehead atoms. The van der Waals surface area contributed by atoms with Crippen molar-refractivity contribution in [2.45, 2.75) is 38.7 Å². The number of rotatable bonds is 7. The van der Waals surface area contributed by atoms with E-state index in [1.807, 2.05) is 4.90 Å². The standard InChI is InChI=1S/C24H24F4N6O2/c1-15(35)31-21-12-18(6-7-20(21)25)32-22-29-14-30-23(33-22)34-10-8-19(9-11-34)36-13-16-2-4-17(5-3-16)24(26,27)28/h2-7,12,14,19H,8-11,13H2,1H3,(H,31,35)(H,29,30,32,33). The van der Waals surface area contributed by atoms with E-state index in [0.29, 0.717) is 43.1 Å². The second-order valence-electron chi connectivity index (χ2n) is 8.30. The monoisotopic (exact) mass is 504 g/mol. The predicted molar refractivity (Wildman–Crippen MR) is 125 cm³/mol. The zero-order chi connectivity index (χ0) is 25.7. The molecule has 1 fully saturated rings. The fourth-order valence-electron chi connectivity index (χ4n) is 3.74. The van der Waals surface area contributed by atoms with Gasteiger partial charge in [-0.3, -0.25) is 4.79 Å². The van der Waals surface area contributed by atoms with Crippen LogP contribution in [0.1, 0.15) is 30.9 Å². The van der Waals surface area contributed by atoms with Crippen molar-refractivity contribution in [1.82, 2.24) is 15.0 Å². The third kappa shape index (κ3) is 6.66. The molecule has 190 valence electrons. The summed E-state index contributed by atoms with van der Waals surface area (Å²) in [5.74, 6) is -0.213. The molecule has 12 heteroatoms. The van der Waals surface area contributed by atoms with Crippen LogP contribution >= 0.6 is 0 Å². The minimum atomic E-state index is -4.36. The lowest BCUT2D eigenvalue weighted by molar-refractivity contribution is -0.137. The Balaban J connectivity index is 1.30. The second-order valence-corrected chi connectivity index (χ2v) is 8.30. The van der Waals surface area contributed by atoms with Gasteiger partial charge in [-0.2, -0.15) is 18.2 Å². The highest BCUT2D eigenvalue weighted by Gasteiger charge is 2.30. The molecule has 3 aromatic rings. The van der Waals surface area contributed by atoms with E-state index in [-0.39, 0.29) is 30.3 Å². The number of ether oxygens (including phenoxy) is 1. The van der Waals surface area contributed by atoms with Gasteiger partial charge in [0, 0.05) is 25.7 Å². The molecule has 2 heterocycles. The van der Waals surface area contributed by atoms with Gasteiger partial charge in [-0.05, 0) is 48.7 Å². The van der Waals surface area contributed by atoms with Crippen molar-refractivity contribution in [3.8, 4) is 0 Å². The van der Waals surface area contributed by atoms with E-state index in [9.17, 15) is 22.4 Å². The largest absolute Gasteiger partial charge is 0.416 e. The first kappa shape index (κ1) is 25.3. The summed E-state index contributed by atoms with van der Waals surface area (Å²) < 4.78 is 57.9. The van der Waals surface area contributed by atoms with Crippen LogP contribution in [0.2, 0.25) is 0 Å². The number of anilines is 4. The molecule has 4 rings (SSSR count). The maximum absolute atomic E-state index is 13.9. The van der Waals surface area contributed by atoms with E-state index in [1.165, 1.54) is 43.6 Å². The molecule has 0 atom stereocenters. The summed E-state index contributed by atoms with van der Waals surface area (Å²) in [5, 5.41) is 5.41. The lowest BCUT2D eigenvalue weighted by Crippen LogP contribution is -2.38. The summed E-state index contributed by atoms with van der Waals surface area (Å²) in [7, 11) is 0. The summed E-state index contributed by atoms with van der Waals surface area (Å²) >= 11 is 0. The van der Waals surface area contributed by atoms with Crippen molar-refractivity contribution in [2.75, 3.05) is 28.6 Å². The Hall–Kier alpha value is -3.80. The highest BCUT2D eigenvalue weighted by molar-refractivity contribution is 5.89. The molecule has 0 radical (unpaired) electrons. The van der Waals surface area contributed by atoms with Crippen LogP contribution in [0.15, 0.2) is 48.8 Å². The fraction of sp³-hybridized carbons (Fsp3) is 0.333. The van der Waals surface area contributed by atoms with Gasteiger partial charge >= 0.3 is 6.18 Å². The van der Waals surface area contributed by atoms with Gasteiger partial charge in [0.25, 0.3) is 0 Å². The average Bonchev–Trinajstić information content (AvgIpc) is 2.85. The Labute approximate surface area is 204 Å². The van der Waals surface area contributed by atoms with Gasteiger partial charge in [-0.25, -0.2) is 14.4 Å². The maximum atomic E-state index is 13.9. The van der Waals surface area contributed by atoms with E-state index >= 15 is 0 Å². The molecule has 1 aliphatic heterocycles. The van der Waals surface area contributed by atoms with Gasteiger partial charge < -0.3 is 20.3 Å². The number of nitrogens with one attached hydrogen (secondary N) is 2. The van der Waals surface area contributed by atoms with E-state index in [2.05, 4.69) is 25.6 Å². The summed E-state index contributed by atoms with van der Waals surface area (Å²) in [6, 6.07) is 9.14. The number of benzene rings is 2. The molecule has 0 spiro atoms. The molecular formula is C24H24F4N6O2. The Bertz CT molecular complexity index is 1200. The highest BCUT2D eigenvalue weighted by Crippen LogP contribution is 2.29. The SMILES string of the molecule is CC(=O)Nc1cc(Nc2ncnc(N3CCC(OCc4ccc(C(F)(F)F)cc4)CC3)n2)ccc1F. The summed E-state index contributed by atoms with van der Waals surface area (Å²) in [5.41, 5.74) is 0.534. The number of piperidine rings is 1. The van der Waals surface area contributed by atoms with Gasteiger partial charge in [-0.15, -0.1) is 0 Å². The van der Waals surface area contributed by atoms with Crippen LogP contribution in [0.5, 0.6) is 0 Å². The Morgan fingerprint density at radius 2 is 1.83 bits per heavy atom. The molecule has 1 saturated heterocycles. The predicted octanol–water partition coefficient (Wildman–Crippen LogP) is 4.92. The molecule has 36 heavy (non-hydrogen) atoms. The summed E-state index contributed by atoms with van der Waals surface area (Å²) in [6.45, 7) is 2.79. The van der Waals surface area contributed by atoms with Crippen molar-refractivity contribution < 1.29 is 27.1 Å². The van der Waals surface area contributed by atoms with Gasteiger partial charge in [0.05, 0.1) is 24.0 Å². The third-order valence-electron chi connectivity index (χ3n) is 5.58. The van der Waals surface area contributed by atoms with E-state index in [0.717, 1.165) is 12.1 Å². The number of hydrogen-bond acceptors (Lipinski definition) is 7. The number of aromatic nitrogens is 3. The lowest BCUT2D eigenvalue weighted by Gasteiger charge is -2.32. The first-order chi connectivity index (χ1) is 17.2. The van der Waals surface area contributed by atoms with Crippen LogP contribution in [0.4, 0.5) is 40.8 Å². The molecule has 2 aromatic carbocycles. The van der Waals surface area contributed by atoms with E-state index < -0.39 is 17.6 Å². The van der Waals surface area contributed by atoms with Crippen LogP contribution in [0.3, 0.4) is 0 Å². The zero-order valence-corrected chi connectivity index (χ0v) is 19.3. The van der Waals surface area contributed by atoms with Crippen LogP contribution in [-0.4, -0.2) is 40.1 Å². The van der Waals surface area contributed by atoms with Crippen LogP contribution in [0, 0.1) is 5.82 Å². The molecule has 0 aliphatic carbocycles. The van der Waals surface area contributed by atoms with Gasteiger partial charge in [0.15, 0.2) is 0 Å². The summed E-state index contributed by atoms with van der Waals surface area (Å²) in [6.07, 6.45) is -1.61. The molecule has 0 saturated carbocycles. The van der Waals surface area contributed by atoms with E-state index in [1.54, 1.807) is 0 Å². The molecular weight excluding hydrogens is 480 g/mol. The van der Waals surface area contributed by atoms with Crippen LogP contribution in [-0.2, 0) is 22.3 Å². The van der Waals surface area contributed by atoms with Crippen molar-refractivity contribution in [1.29, 1.82) is 0 Å². The average molecular weight is 504 g/mol. The number of alkyl halides is 3. The zero-order valence-electron chi connectivity index (χ0n) is 19.3. The number of amides is 1. The Morgan fingerprint density at radius 3 is 2.50 bits per heavy atom. The maximum Gasteiger partial charge on any atom is 0.416 e. The van der Waals surface area contributed by atoms with Crippen molar-refractivity contribution in [3.63, 3.8) is 0 Å². The number of carbonyl (C=O) groups is 1. The molecule has 2 N–H and O–H groups in total. The number of hydrogen-bond donors (Lipinski definition) is 2. The highest BCUT2D eigenvalue weighted by atomic mass is 19.4. The topological polar surface area (TPSA) is 92.3 Å². The number of nitrogens with zero attached hydrogens (tertiary/aromatic N) is 4. The Kier molecular flexibility index (Phi) is 7.63. The number of halogens is 4. The minimum Gasteiger partial charge on any atom is -0.373 e. The van der Waals surface area contributed by atoms with Gasteiger partial charge in [0.2, 0.25) is 17.8 Å². The Morgan fingerprint density at radius 1 is 1.11 bits per heavy atom. The van der Waals surface area contributed by atoms with Gasteiger partial charge in [-0.1, -0.05) is 12.1 Å². The lowest BCUT2D eigenvalue weighted by atomic mass is 10.1. The fourth-order valence-corrected chi connectivity index (χ4v) is 3.74. The quantitative estimate of drug-likeness (QED) is 0.442. The normalized spacial score (nSPS) is 14.5.